The molecule has 0 spiro atoms. The summed E-state index contributed by atoms with van der Waals surface area (Å²) >= 11 is 1.65. The summed E-state index contributed by atoms with van der Waals surface area (Å²) in [7, 11) is 0. The molecule has 0 saturated carbocycles. The fraction of sp³-hybridized carbons (Fsp3) is 0.333. The van der Waals surface area contributed by atoms with Crippen molar-refractivity contribution in [2.75, 3.05) is 39.6 Å². The summed E-state index contributed by atoms with van der Waals surface area (Å²) < 4.78 is 22.6. The summed E-state index contributed by atoms with van der Waals surface area (Å²) in [6.45, 7) is 3.82. The molecule has 0 amide bonds. The molecule has 2 aromatic carbocycles. The lowest BCUT2D eigenvalue weighted by molar-refractivity contribution is -0.142. The average Bonchev–Trinajstić information content (AvgIpc) is 3.13. The highest BCUT2D eigenvalue weighted by Gasteiger charge is 2.11. The Morgan fingerprint density at radius 2 is 1.57 bits per heavy atom. The molecular weight excluding hydrogens is 378 g/mol. The predicted molar refractivity (Wildman–Crippen MR) is 109 cm³/mol. The molecule has 0 fully saturated rings. The van der Waals surface area contributed by atoms with Crippen LogP contribution >= 0.6 is 11.3 Å². The third-order valence-corrected chi connectivity index (χ3v) is 4.87. The zero-order valence-electron chi connectivity index (χ0n) is 15.8. The third-order valence-electron chi connectivity index (χ3n) is 3.80. The monoisotopic (exact) mass is 401 g/mol. The molecule has 0 radical (unpaired) electrons. The SMILES string of the molecule is CC(=O)OCCOCCOCCOc1ccccc1-c1nc2ccccc2s1. The second-order valence-corrected chi connectivity index (χ2v) is 6.93. The fourth-order valence-corrected chi connectivity index (χ4v) is 3.53. The molecule has 3 aromatic rings. The van der Waals surface area contributed by atoms with Gasteiger partial charge in [0.1, 0.15) is 24.0 Å². The maximum atomic E-state index is 10.6. The van der Waals surface area contributed by atoms with Gasteiger partial charge in [-0.15, -0.1) is 11.3 Å². The zero-order valence-corrected chi connectivity index (χ0v) is 16.6. The van der Waals surface area contributed by atoms with Crippen LogP contribution in [0.2, 0.25) is 0 Å². The lowest BCUT2D eigenvalue weighted by Crippen LogP contribution is -2.13. The van der Waals surface area contributed by atoms with Crippen molar-refractivity contribution in [1.82, 2.24) is 4.98 Å². The Kier molecular flexibility index (Phi) is 7.78. The van der Waals surface area contributed by atoms with Gasteiger partial charge in [0.25, 0.3) is 0 Å². The van der Waals surface area contributed by atoms with Crippen LogP contribution in [0.3, 0.4) is 0 Å². The lowest BCUT2D eigenvalue weighted by Gasteiger charge is -2.10. The molecule has 7 heteroatoms. The van der Waals surface area contributed by atoms with Crippen LogP contribution in [-0.2, 0) is 19.0 Å². The summed E-state index contributed by atoms with van der Waals surface area (Å²) in [6, 6.07) is 16.0. The summed E-state index contributed by atoms with van der Waals surface area (Å²) in [5.74, 6) is 0.492. The Bertz CT molecular complexity index is 862. The maximum Gasteiger partial charge on any atom is 0.302 e. The first-order valence-electron chi connectivity index (χ1n) is 9.10. The minimum atomic E-state index is -0.303. The number of fused-ring (bicyclic) bond motifs is 1. The van der Waals surface area contributed by atoms with Gasteiger partial charge in [-0.2, -0.15) is 0 Å². The number of thiazole rings is 1. The fourth-order valence-electron chi connectivity index (χ4n) is 2.53. The molecule has 0 atom stereocenters. The second kappa shape index (κ2) is 10.8. The number of hydrogen-bond donors (Lipinski definition) is 0. The molecule has 0 aliphatic rings. The molecule has 0 aliphatic heterocycles. The van der Waals surface area contributed by atoms with Crippen molar-refractivity contribution in [3.05, 3.63) is 48.5 Å². The molecule has 28 heavy (non-hydrogen) atoms. The van der Waals surface area contributed by atoms with Gasteiger partial charge in [0.15, 0.2) is 0 Å². The summed E-state index contributed by atoms with van der Waals surface area (Å²) in [5.41, 5.74) is 1.98. The topological polar surface area (TPSA) is 66.9 Å². The molecule has 0 saturated heterocycles. The smallest absolute Gasteiger partial charge is 0.302 e. The van der Waals surface area contributed by atoms with E-state index in [2.05, 4.69) is 6.07 Å². The van der Waals surface area contributed by atoms with Crippen molar-refractivity contribution in [3.63, 3.8) is 0 Å². The Morgan fingerprint density at radius 3 is 2.36 bits per heavy atom. The van der Waals surface area contributed by atoms with Crippen LogP contribution in [0.5, 0.6) is 5.75 Å². The van der Waals surface area contributed by atoms with Crippen LogP contribution in [0, 0.1) is 0 Å². The van der Waals surface area contributed by atoms with Gasteiger partial charge in [0.05, 0.1) is 42.2 Å². The molecule has 148 valence electrons. The molecule has 0 bridgehead atoms. The van der Waals surface area contributed by atoms with Gasteiger partial charge in [-0.05, 0) is 24.3 Å². The number of carbonyl (C=O) groups is 1. The quantitative estimate of drug-likeness (QED) is 0.358. The van der Waals surface area contributed by atoms with Crippen LogP contribution in [0.15, 0.2) is 48.5 Å². The van der Waals surface area contributed by atoms with Gasteiger partial charge in [0, 0.05) is 6.92 Å². The van der Waals surface area contributed by atoms with Crippen LogP contribution < -0.4 is 4.74 Å². The van der Waals surface area contributed by atoms with Crippen LogP contribution in [0.1, 0.15) is 6.92 Å². The minimum absolute atomic E-state index is 0.265. The standard InChI is InChI=1S/C21H23NO5S/c1-16(23)26-14-12-24-10-11-25-13-15-27-19-8-4-2-6-17(19)21-22-18-7-3-5-9-20(18)28-21/h2-9H,10-15H2,1H3. The highest BCUT2D eigenvalue weighted by atomic mass is 32.1. The van der Waals surface area contributed by atoms with Crippen molar-refractivity contribution in [2.45, 2.75) is 6.92 Å². The van der Waals surface area contributed by atoms with Crippen molar-refractivity contribution in [1.29, 1.82) is 0 Å². The molecule has 1 heterocycles. The van der Waals surface area contributed by atoms with Gasteiger partial charge in [-0.1, -0.05) is 24.3 Å². The Balaban J connectivity index is 1.41. The largest absolute Gasteiger partial charge is 0.490 e. The van der Waals surface area contributed by atoms with E-state index in [0.717, 1.165) is 26.5 Å². The van der Waals surface area contributed by atoms with Crippen LogP contribution in [-0.4, -0.2) is 50.6 Å². The normalized spacial score (nSPS) is 10.9. The van der Waals surface area contributed by atoms with Crippen molar-refractivity contribution in [3.8, 4) is 16.3 Å². The highest BCUT2D eigenvalue weighted by molar-refractivity contribution is 7.21. The van der Waals surface area contributed by atoms with E-state index in [1.807, 2.05) is 42.5 Å². The Hall–Kier alpha value is -2.48. The molecule has 1 aromatic heterocycles. The number of para-hydroxylation sites is 2. The number of esters is 1. The van der Waals surface area contributed by atoms with Crippen molar-refractivity contribution in [2.24, 2.45) is 0 Å². The van der Waals surface area contributed by atoms with Crippen LogP contribution in [0.4, 0.5) is 0 Å². The van der Waals surface area contributed by atoms with E-state index in [1.54, 1.807) is 11.3 Å². The van der Waals surface area contributed by atoms with Crippen molar-refractivity contribution < 1.29 is 23.7 Å². The van der Waals surface area contributed by atoms with E-state index in [1.165, 1.54) is 6.92 Å². The van der Waals surface area contributed by atoms with E-state index in [-0.39, 0.29) is 12.6 Å². The van der Waals surface area contributed by atoms with E-state index in [4.69, 9.17) is 23.9 Å². The van der Waals surface area contributed by atoms with E-state index < -0.39 is 0 Å². The van der Waals surface area contributed by atoms with Gasteiger partial charge >= 0.3 is 5.97 Å². The Labute approximate surface area is 168 Å². The molecular formula is C21H23NO5S. The average molecular weight is 401 g/mol. The van der Waals surface area contributed by atoms with Gasteiger partial charge in [-0.3, -0.25) is 4.79 Å². The first kappa shape index (κ1) is 20.3. The number of hydrogen-bond acceptors (Lipinski definition) is 7. The van der Waals surface area contributed by atoms with Gasteiger partial charge < -0.3 is 18.9 Å². The minimum Gasteiger partial charge on any atom is -0.490 e. The number of benzene rings is 2. The van der Waals surface area contributed by atoms with Crippen molar-refractivity contribution >= 4 is 27.5 Å². The van der Waals surface area contributed by atoms with Gasteiger partial charge in [-0.25, -0.2) is 4.98 Å². The lowest BCUT2D eigenvalue weighted by atomic mass is 10.2. The first-order valence-corrected chi connectivity index (χ1v) is 9.92. The number of ether oxygens (including phenoxy) is 4. The number of rotatable bonds is 11. The first-order chi connectivity index (χ1) is 13.7. The van der Waals surface area contributed by atoms with Crippen LogP contribution in [0.25, 0.3) is 20.8 Å². The highest BCUT2D eigenvalue weighted by Crippen LogP contribution is 2.35. The number of aromatic nitrogens is 1. The molecule has 3 rings (SSSR count). The molecule has 0 N–H and O–H groups in total. The summed E-state index contributed by atoms with van der Waals surface area (Å²) in [4.78, 5) is 15.3. The summed E-state index contributed by atoms with van der Waals surface area (Å²) in [5, 5.41) is 0.943. The van der Waals surface area contributed by atoms with E-state index in [9.17, 15) is 4.79 Å². The third kappa shape index (κ3) is 6.02. The number of nitrogens with zero attached hydrogens (tertiary/aromatic N) is 1. The Morgan fingerprint density at radius 1 is 0.893 bits per heavy atom. The molecule has 6 nitrogen and oxygen atoms in total. The molecule has 0 aliphatic carbocycles. The van der Waals surface area contributed by atoms with E-state index in [0.29, 0.717) is 33.0 Å². The zero-order chi connectivity index (χ0) is 19.6. The maximum absolute atomic E-state index is 10.6. The predicted octanol–water partition coefficient (Wildman–Crippen LogP) is 3.94. The second-order valence-electron chi connectivity index (χ2n) is 5.90. The summed E-state index contributed by atoms with van der Waals surface area (Å²) in [6.07, 6.45) is 0. The molecule has 0 unspecified atom stereocenters. The number of carbonyl (C=O) groups excluding carboxylic acids is 1. The van der Waals surface area contributed by atoms with E-state index >= 15 is 0 Å². The van der Waals surface area contributed by atoms with Gasteiger partial charge in [0.2, 0.25) is 0 Å².